The maximum atomic E-state index is 4.25. The molecule has 1 heteroatoms. The molecule has 0 aliphatic carbocycles. The molecule has 0 aliphatic heterocycles. The summed E-state index contributed by atoms with van der Waals surface area (Å²) in [5.41, 5.74) is 0. The van der Waals surface area contributed by atoms with E-state index >= 15 is 0 Å². The molecule has 1 radical (unpaired) electrons. The Morgan fingerprint density at radius 2 is 0.923 bits per heavy atom. The molecule has 0 atom stereocenters. The molecule has 0 nitrogen and oxygen atoms in total. The molecule has 0 saturated carbocycles. The molecule has 0 spiro atoms. The van der Waals surface area contributed by atoms with Gasteiger partial charge >= 0.3 is 17.1 Å². The molecule has 0 saturated heterocycles. The third-order valence-corrected chi connectivity index (χ3v) is 1.11. The quantitative estimate of drug-likeness (QED) is 0.464. The van der Waals surface area contributed by atoms with Crippen molar-refractivity contribution in [3.8, 4) is 0 Å². The van der Waals surface area contributed by atoms with Gasteiger partial charge in [-0.1, -0.05) is 0 Å². The van der Waals surface area contributed by atoms with E-state index in [1.165, 1.54) is 0 Å². The van der Waals surface area contributed by atoms with Crippen LogP contribution in [0.25, 0.3) is 0 Å². The Hall–Kier alpha value is -1.04. The first-order valence-electron chi connectivity index (χ1n) is 3.74. The van der Waals surface area contributed by atoms with E-state index < -0.39 is 0 Å². The minimum atomic E-state index is 0. The smallest absolute Gasteiger partial charge is 0.521 e. The molecule has 0 N–H and O–H groups in total. The fourth-order valence-electron chi connectivity index (χ4n) is 0.642. The molecular formula is C12H13Fe. The first kappa shape index (κ1) is 14.5. The van der Waals surface area contributed by atoms with Crippen molar-refractivity contribution >= 4 is 0 Å². The van der Waals surface area contributed by atoms with Crippen molar-refractivity contribution in [2.45, 2.75) is 0 Å². The zero-order chi connectivity index (χ0) is 9.07. The fourth-order valence-corrected chi connectivity index (χ4v) is 0.642. The van der Waals surface area contributed by atoms with Gasteiger partial charge in [-0.05, 0) is 0 Å². The normalized spacial score (nSPS) is 6.46. The largest absolute Gasteiger partial charge is 3.00 e. The minimum absolute atomic E-state index is 0. The molecule has 0 aliphatic rings. The average Bonchev–Trinajstić information content (AvgIpc) is 2.87. The summed E-state index contributed by atoms with van der Waals surface area (Å²) >= 11 is 0. The number of rotatable bonds is 0. The predicted octanol–water partition coefficient (Wildman–Crippen LogP) is 3.41. The van der Waals surface area contributed by atoms with E-state index in [1.54, 1.807) is 0 Å². The van der Waals surface area contributed by atoms with Crippen LogP contribution in [0.2, 0.25) is 0 Å². The van der Waals surface area contributed by atoms with Crippen molar-refractivity contribution in [1.29, 1.82) is 0 Å². The number of hydrogen-bond donors (Lipinski definition) is 0. The van der Waals surface area contributed by atoms with E-state index in [0.29, 0.717) is 0 Å². The molecule has 0 amide bonds. The van der Waals surface area contributed by atoms with Gasteiger partial charge in [-0.2, -0.15) is 36.4 Å². The van der Waals surface area contributed by atoms with E-state index in [4.69, 9.17) is 0 Å². The van der Waals surface area contributed by atoms with Crippen LogP contribution in [0, 0.1) is 6.58 Å². The summed E-state index contributed by atoms with van der Waals surface area (Å²) in [4.78, 5) is 0. The van der Waals surface area contributed by atoms with Gasteiger partial charge in [0.25, 0.3) is 0 Å². The Bertz CT molecular complexity index is 157. The second-order valence-corrected chi connectivity index (χ2v) is 1.92. The van der Waals surface area contributed by atoms with Crippen LogP contribution in [0.3, 0.4) is 0 Å². The van der Waals surface area contributed by atoms with Crippen LogP contribution in [0.5, 0.6) is 0 Å². The fraction of sp³-hybridized carbons (Fsp3) is 0. The average molecular weight is 213 g/mol. The van der Waals surface area contributed by atoms with E-state index in [1.807, 2.05) is 60.7 Å². The van der Waals surface area contributed by atoms with Crippen molar-refractivity contribution < 1.29 is 17.1 Å². The maximum absolute atomic E-state index is 4.25. The van der Waals surface area contributed by atoms with Crippen LogP contribution in [-0.2, 0) is 17.1 Å². The van der Waals surface area contributed by atoms with Gasteiger partial charge in [0.1, 0.15) is 0 Å². The van der Waals surface area contributed by atoms with Crippen LogP contribution in [0.15, 0.2) is 67.2 Å². The third-order valence-electron chi connectivity index (χ3n) is 1.11. The Balaban J connectivity index is 0. The summed E-state index contributed by atoms with van der Waals surface area (Å²) in [6.07, 6.45) is 0. The standard InChI is InChI=1S/2C5H5.C2H3.Fe/c2*1-2-4-5-3-1;1-2;/h2*1-5H;1H,2H2;/q3*-1;+3. The molecule has 2 rings (SSSR count). The van der Waals surface area contributed by atoms with E-state index in [-0.39, 0.29) is 17.1 Å². The van der Waals surface area contributed by atoms with E-state index in [2.05, 4.69) is 13.2 Å². The first-order valence-corrected chi connectivity index (χ1v) is 3.74. The van der Waals surface area contributed by atoms with Crippen LogP contribution in [0.4, 0.5) is 0 Å². The minimum Gasteiger partial charge on any atom is -0.521 e. The van der Waals surface area contributed by atoms with Gasteiger partial charge in [-0.25, -0.2) is 24.3 Å². The predicted molar refractivity (Wildman–Crippen MR) is 54.0 cm³/mol. The maximum Gasteiger partial charge on any atom is 3.00 e. The van der Waals surface area contributed by atoms with Crippen LogP contribution < -0.4 is 0 Å². The number of hydrogen-bond acceptors (Lipinski definition) is 0. The SMILES string of the molecule is [CH-]=C.[Fe+3].c1cc[cH-]c1.c1cc[cH-]c1. The Labute approximate surface area is 91.1 Å². The van der Waals surface area contributed by atoms with Gasteiger partial charge < -0.3 is 6.58 Å². The summed E-state index contributed by atoms with van der Waals surface area (Å²) in [6.45, 7) is 7.00. The van der Waals surface area contributed by atoms with Gasteiger partial charge in [-0.15, -0.1) is 0 Å². The molecule has 0 unspecified atom stereocenters. The third kappa shape index (κ3) is 11.0. The molecule has 0 heterocycles. The molecule has 0 bridgehead atoms. The van der Waals surface area contributed by atoms with Crippen molar-refractivity contribution in [1.82, 2.24) is 0 Å². The Morgan fingerprint density at radius 1 is 0.692 bits per heavy atom. The van der Waals surface area contributed by atoms with Gasteiger partial charge in [0, 0.05) is 0 Å². The zero-order valence-electron chi connectivity index (χ0n) is 7.41. The second kappa shape index (κ2) is 13.5. The van der Waals surface area contributed by atoms with Gasteiger partial charge in [0.15, 0.2) is 0 Å². The molecule has 0 aromatic heterocycles. The van der Waals surface area contributed by atoms with Gasteiger partial charge in [-0.3, -0.25) is 6.58 Å². The van der Waals surface area contributed by atoms with Crippen molar-refractivity contribution in [2.75, 3.05) is 0 Å². The van der Waals surface area contributed by atoms with Crippen LogP contribution >= 0.6 is 0 Å². The second-order valence-electron chi connectivity index (χ2n) is 1.92. The molecule has 2 aromatic rings. The molecule has 69 valence electrons. The Morgan fingerprint density at radius 3 is 1.00 bits per heavy atom. The topological polar surface area (TPSA) is 0 Å². The summed E-state index contributed by atoms with van der Waals surface area (Å²) in [6, 6.07) is 20.0. The van der Waals surface area contributed by atoms with Crippen LogP contribution in [-0.4, -0.2) is 0 Å². The van der Waals surface area contributed by atoms with Gasteiger partial charge in [0.05, 0.1) is 0 Å². The van der Waals surface area contributed by atoms with Crippen molar-refractivity contribution in [2.24, 2.45) is 0 Å². The van der Waals surface area contributed by atoms with Crippen molar-refractivity contribution in [3.63, 3.8) is 0 Å². The monoisotopic (exact) mass is 213 g/mol. The molecule has 0 fully saturated rings. The van der Waals surface area contributed by atoms with Crippen molar-refractivity contribution in [3.05, 3.63) is 73.8 Å². The van der Waals surface area contributed by atoms with E-state index in [9.17, 15) is 0 Å². The molecule has 13 heavy (non-hydrogen) atoms. The summed E-state index contributed by atoms with van der Waals surface area (Å²) in [7, 11) is 0. The molecule has 2 aromatic carbocycles. The summed E-state index contributed by atoms with van der Waals surface area (Å²) < 4.78 is 0. The molecular weight excluding hydrogens is 200 g/mol. The Kier molecular flexibility index (Phi) is 15.1. The summed E-state index contributed by atoms with van der Waals surface area (Å²) in [5, 5.41) is 0. The van der Waals surface area contributed by atoms with E-state index in [0.717, 1.165) is 0 Å². The van der Waals surface area contributed by atoms with Gasteiger partial charge in [0.2, 0.25) is 0 Å². The zero-order valence-corrected chi connectivity index (χ0v) is 8.52. The summed E-state index contributed by atoms with van der Waals surface area (Å²) in [5.74, 6) is 0. The first-order chi connectivity index (χ1) is 6.00. The van der Waals surface area contributed by atoms with Crippen LogP contribution in [0.1, 0.15) is 0 Å².